The van der Waals surface area contributed by atoms with E-state index < -0.39 is 23.4 Å². The Morgan fingerprint density at radius 3 is 2.52 bits per heavy atom. The summed E-state index contributed by atoms with van der Waals surface area (Å²) in [5.74, 6) is -1.12. The Morgan fingerprint density at radius 2 is 1.91 bits per heavy atom. The van der Waals surface area contributed by atoms with Crippen LogP contribution in [0.2, 0.25) is 4.34 Å². The summed E-state index contributed by atoms with van der Waals surface area (Å²) in [5, 5.41) is 3.31. The van der Waals surface area contributed by atoms with Crippen LogP contribution in [0.5, 0.6) is 0 Å². The molecule has 0 saturated carbocycles. The highest BCUT2D eigenvalue weighted by atomic mass is 35.5. The van der Waals surface area contributed by atoms with Crippen molar-refractivity contribution in [2.45, 2.75) is 12.5 Å². The summed E-state index contributed by atoms with van der Waals surface area (Å²) in [6, 6.07) is 11.2. The minimum Gasteiger partial charge on any atom is -0.318 e. The van der Waals surface area contributed by atoms with Crippen molar-refractivity contribution in [3.05, 3.63) is 57.2 Å². The second-order valence-electron chi connectivity index (χ2n) is 5.11. The summed E-state index contributed by atoms with van der Waals surface area (Å²) >= 11 is 6.84. The summed E-state index contributed by atoms with van der Waals surface area (Å²) < 4.78 is 0.446. The molecule has 0 aliphatic carbocycles. The molecule has 23 heavy (non-hydrogen) atoms. The van der Waals surface area contributed by atoms with E-state index in [4.69, 9.17) is 11.6 Å². The summed E-state index contributed by atoms with van der Waals surface area (Å²) in [7, 11) is 0. The maximum atomic E-state index is 12.6. The molecule has 0 bridgehead atoms. The molecule has 1 aromatic heterocycles. The van der Waals surface area contributed by atoms with Crippen LogP contribution >= 0.6 is 22.9 Å². The Morgan fingerprint density at radius 1 is 1.22 bits per heavy atom. The molecule has 8 heteroatoms. The number of nitrogens with zero attached hydrogens (tertiary/aromatic N) is 1. The molecule has 6 nitrogen and oxygen atoms in total. The Labute approximate surface area is 141 Å². The monoisotopic (exact) mass is 349 g/mol. The third-order valence-electron chi connectivity index (χ3n) is 3.55. The number of urea groups is 1. The fourth-order valence-electron chi connectivity index (χ4n) is 2.30. The van der Waals surface area contributed by atoms with Gasteiger partial charge in [0.1, 0.15) is 5.54 Å². The highest BCUT2D eigenvalue weighted by molar-refractivity contribution is 7.18. The van der Waals surface area contributed by atoms with Crippen molar-refractivity contribution < 1.29 is 14.4 Å². The second-order valence-corrected chi connectivity index (χ2v) is 6.82. The highest BCUT2D eigenvalue weighted by Gasteiger charge is 2.50. The number of imide groups is 1. The van der Waals surface area contributed by atoms with Gasteiger partial charge < -0.3 is 5.32 Å². The second kappa shape index (κ2) is 5.68. The van der Waals surface area contributed by atoms with E-state index in [0.29, 0.717) is 19.8 Å². The summed E-state index contributed by atoms with van der Waals surface area (Å²) in [5.41, 5.74) is 1.73. The SMILES string of the molecule is C[C@@]1(c2ccccc2)NC(=O)N(NC(=O)c2ccc(Cl)s2)C1=O. The first-order valence-electron chi connectivity index (χ1n) is 6.70. The molecule has 2 aromatic rings. The van der Waals surface area contributed by atoms with Crippen molar-refractivity contribution in [2.24, 2.45) is 0 Å². The molecule has 1 aliphatic heterocycles. The fourth-order valence-corrected chi connectivity index (χ4v) is 3.23. The van der Waals surface area contributed by atoms with E-state index in [1.807, 2.05) is 6.07 Å². The molecule has 118 valence electrons. The number of thiophene rings is 1. The van der Waals surface area contributed by atoms with E-state index in [2.05, 4.69) is 10.7 Å². The molecule has 0 radical (unpaired) electrons. The zero-order valence-corrected chi connectivity index (χ0v) is 13.6. The predicted octanol–water partition coefficient (Wildman–Crippen LogP) is 2.51. The first-order valence-corrected chi connectivity index (χ1v) is 7.90. The van der Waals surface area contributed by atoms with Crippen molar-refractivity contribution in [2.75, 3.05) is 0 Å². The van der Waals surface area contributed by atoms with Crippen molar-refractivity contribution >= 4 is 40.8 Å². The average molecular weight is 350 g/mol. The first-order chi connectivity index (χ1) is 10.9. The van der Waals surface area contributed by atoms with Gasteiger partial charge in [0.05, 0.1) is 9.21 Å². The molecule has 2 heterocycles. The Kier molecular flexibility index (Phi) is 3.83. The van der Waals surface area contributed by atoms with Gasteiger partial charge in [-0.05, 0) is 24.6 Å². The minimum atomic E-state index is -1.22. The molecule has 0 unspecified atom stereocenters. The van der Waals surface area contributed by atoms with Crippen LogP contribution in [0, 0.1) is 0 Å². The van der Waals surface area contributed by atoms with Crippen LogP contribution in [0.1, 0.15) is 22.2 Å². The van der Waals surface area contributed by atoms with Gasteiger partial charge in [-0.2, -0.15) is 5.01 Å². The summed E-state index contributed by atoms with van der Waals surface area (Å²) in [6.07, 6.45) is 0. The maximum absolute atomic E-state index is 12.6. The van der Waals surface area contributed by atoms with Crippen molar-refractivity contribution in [3.63, 3.8) is 0 Å². The minimum absolute atomic E-state index is 0.309. The fraction of sp³-hybridized carbons (Fsp3) is 0.133. The van der Waals surface area contributed by atoms with Crippen molar-refractivity contribution in [3.8, 4) is 0 Å². The lowest BCUT2D eigenvalue weighted by atomic mass is 9.92. The lowest BCUT2D eigenvalue weighted by Crippen LogP contribution is -2.47. The van der Waals surface area contributed by atoms with Crippen LogP contribution in [-0.2, 0) is 10.3 Å². The van der Waals surface area contributed by atoms with Gasteiger partial charge in [-0.1, -0.05) is 41.9 Å². The van der Waals surface area contributed by atoms with Gasteiger partial charge in [0, 0.05) is 0 Å². The first kappa shape index (κ1) is 15.5. The topological polar surface area (TPSA) is 78.5 Å². The molecule has 0 spiro atoms. The van der Waals surface area contributed by atoms with E-state index in [9.17, 15) is 14.4 Å². The number of hydrogen-bond donors (Lipinski definition) is 2. The van der Waals surface area contributed by atoms with Gasteiger partial charge in [-0.25, -0.2) is 4.79 Å². The van der Waals surface area contributed by atoms with Crippen molar-refractivity contribution in [1.29, 1.82) is 0 Å². The Bertz CT molecular complexity index is 792. The highest BCUT2D eigenvalue weighted by Crippen LogP contribution is 2.28. The van der Waals surface area contributed by atoms with Crippen LogP contribution < -0.4 is 10.7 Å². The van der Waals surface area contributed by atoms with Gasteiger partial charge in [-0.3, -0.25) is 15.0 Å². The number of hydrazine groups is 1. The lowest BCUT2D eigenvalue weighted by Gasteiger charge is -2.21. The Hall–Kier alpha value is -2.38. The number of halogens is 1. The number of nitrogens with one attached hydrogen (secondary N) is 2. The molecular weight excluding hydrogens is 338 g/mol. The largest absolute Gasteiger partial charge is 0.344 e. The Balaban J connectivity index is 1.83. The smallest absolute Gasteiger partial charge is 0.318 e. The summed E-state index contributed by atoms with van der Waals surface area (Å²) in [6.45, 7) is 1.59. The predicted molar refractivity (Wildman–Crippen MR) is 86.0 cm³/mol. The molecule has 1 atom stereocenters. The standard InChI is InChI=1S/C15H12ClN3O3S/c1-15(9-5-3-2-4-6-9)13(21)19(14(22)17-15)18-12(20)10-7-8-11(16)23-10/h2-8H,1H3,(H,17,22)(H,18,20)/t15-/m0/s1. The van der Waals surface area contributed by atoms with Crippen LogP contribution in [0.3, 0.4) is 0 Å². The van der Waals surface area contributed by atoms with Gasteiger partial charge in [0.25, 0.3) is 11.8 Å². The molecule has 1 aliphatic rings. The van der Waals surface area contributed by atoms with E-state index in [-0.39, 0.29) is 0 Å². The molecule has 4 amide bonds. The van der Waals surface area contributed by atoms with Gasteiger partial charge in [-0.15, -0.1) is 11.3 Å². The number of rotatable bonds is 3. The van der Waals surface area contributed by atoms with Crippen LogP contribution in [0.4, 0.5) is 4.79 Å². The van der Waals surface area contributed by atoms with E-state index in [0.717, 1.165) is 11.3 Å². The number of benzene rings is 1. The quantitative estimate of drug-likeness (QED) is 0.836. The maximum Gasteiger partial charge on any atom is 0.344 e. The third-order valence-corrected chi connectivity index (χ3v) is 4.78. The van der Waals surface area contributed by atoms with Crippen molar-refractivity contribution in [1.82, 2.24) is 15.8 Å². The molecule has 1 saturated heterocycles. The van der Waals surface area contributed by atoms with Crippen LogP contribution in [0.15, 0.2) is 42.5 Å². The zero-order valence-electron chi connectivity index (χ0n) is 12.0. The molecular formula is C15H12ClN3O3S. The molecule has 2 N–H and O–H groups in total. The van der Waals surface area contributed by atoms with Gasteiger partial charge >= 0.3 is 6.03 Å². The van der Waals surface area contributed by atoms with E-state index in [1.165, 1.54) is 6.07 Å². The molecule has 1 fully saturated rings. The number of amides is 4. The van der Waals surface area contributed by atoms with E-state index >= 15 is 0 Å². The number of carbonyl (C=O) groups is 3. The normalized spacial score (nSPS) is 20.5. The third kappa shape index (κ3) is 2.69. The summed E-state index contributed by atoms with van der Waals surface area (Å²) in [4.78, 5) is 37.1. The van der Waals surface area contributed by atoms with E-state index in [1.54, 1.807) is 37.3 Å². The number of hydrogen-bond acceptors (Lipinski definition) is 4. The van der Waals surface area contributed by atoms with Crippen LogP contribution in [-0.4, -0.2) is 22.9 Å². The lowest BCUT2D eigenvalue weighted by molar-refractivity contribution is -0.132. The molecule has 3 rings (SSSR count). The zero-order chi connectivity index (χ0) is 16.6. The van der Waals surface area contributed by atoms with Gasteiger partial charge in [0.15, 0.2) is 0 Å². The van der Waals surface area contributed by atoms with Crippen LogP contribution in [0.25, 0.3) is 0 Å². The average Bonchev–Trinajstić information content (AvgIpc) is 3.06. The number of carbonyl (C=O) groups excluding carboxylic acids is 3. The van der Waals surface area contributed by atoms with Gasteiger partial charge in [0.2, 0.25) is 0 Å². The molecule has 1 aromatic carbocycles.